The number of phosphoric ester groups is 1. The van der Waals surface area contributed by atoms with Gasteiger partial charge >= 0.3 is 19.8 Å². The number of carbonyl (C=O) groups is 2. The van der Waals surface area contributed by atoms with Gasteiger partial charge in [-0.05, 0) is 51.4 Å². The maximum atomic E-state index is 12.6. The van der Waals surface area contributed by atoms with Crippen LogP contribution in [-0.4, -0.2) is 74.9 Å². The Morgan fingerprint density at radius 3 is 1.65 bits per heavy atom. The summed E-state index contributed by atoms with van der Waals surface area (Å²) in [6, 6.07) is 0. The Morgan fingerprint density at radius 1 is 0.608 bits per heavy atom. The molecule has 1 unspecified atom stereocenters. The quantitative estimate of drug-likeness (QED) is 0.0225. The number of phosphoric acid groups is 1. The maximum absolute atomic E-state index is 12.6. The summed E-state index contributed by atoms with van der Waals surface area (Å²) in [4.78, 5) is 35.2. The fraction of sp³-hybridized carbons (Fsp3) is 0.756. The van der Waals surface area contributed by atoms with E-state index in [-0.39, 0.29) is 32.0 Å². The third kappa shape index (κ3) is 37.5. The zero-order valence-corrected chi connectivity index (χ0v) is 34.0. The van der Waals surface area contributed by atoms with Crippen LogP contribution in [0.5, 0.6) is 0 Å². The van der Waals surface area contributed by atoms with Gasteiger partial charge in [0.05, 0.1) is 27.7 Å². The maximum Gasteiger partial charge on any atom is 0.472 e. The number of esters is 2. The molecule has 1 N–H and O–H groups in total. The molecule has 0 aliphatic heterocycles. The lowest BCUT2D eigenvalue weighted by Crippen LogP contribution is -2.37. The molecule has 0 fully saturated rings. The van der Waals surface area contributed by atoms with Crippen molar-refractivity contribution in [3.05, 3.63) is 48.6 Å². The summed E-state index contributed by atoms with van der Waals surface area (Å²) in [5.41, 5.74) is 0. The van der Waals surface area contributed by atoms with Crippen molar-refractivity contribution in [2.24, 2.45) is 0 Å². The molecule has 0 aromatic heterocycles. The molecule has 0 spiro atoms. The van der Waals surface area contributed by atoms with Crippen LogP contribution in [0.25, 0.3) is 0 Å². The topological polar surface area (TPSA) is 108 Å². The zero-order valence-electron chi connectivity index (χ0n) is 33.1. The van der Waals surface area contributed by atoms with Gasteiger partial charge < -0.3 is 18.9 Å². The molecule has 10 heteroatoms. The first-order valence-corrected chi connectivity index (χ1v) is 21.4. The third-order valence-electron chi connectivity index (χ3n) is 8.09. The van der Waals surface area contributed by atoms with Crippen LogP contribution < -0.4 is 0 Å². The largest absolute Gasteiger partial charge is 0.472 e. The molecule has 0 aliphatic carbocycles. The summed E-state index contributed by atoms with van der Waals surface area (Å²) in [5, 5.41) is 0. The van der Waals surface area contributed by atoms with Gasteiger partial charge in [0.25, 0.3) is 0 Å². The first kappa shape index (κ1) is 49.0. The van der Waals surface area contributed by atoms with Crippen molar-refractivity contribution in [2.45, 2.75) is 155 Å². The second-order valence-corrected chi connectivity index (χ2v) is 15.8. The van der Waals surface area contributed by atoms with E-state index in [4.69, 9.17) is 18.5 Å². The first-order chi connectivity index (χ1) is 24.5. The second-order valence-electron chi connectivity index (χ2n) is 14.3. The first-order valence-electron chi connectivity index (χ1n) is 19.9. The highest BCUT2D eigenvalue weighted by molar-refractivity contribution is 7.47. The molecule has 0 heterocycles. The van der Waals surface area contributed by atoms with E-state index in [2.05, 4.69) is 62.5 Å². The molecule has 0 saturated heterocycles. The van der Waals surface area contributed by atoms with Crippen LogP contribution in [0.15, 0.2) is 48.6 Å². The summed E-state index contributed by atoms with van der Waals surface area (Å²) < 4.78 is 34.1. The smallest absolute Gasteiger partial charge is 0.462 e. The molecule has 0 aromatic rings. The third-order valence-corrected chi connectivity index (χ3v) is 9.08. The minimum atomic E-state index is -4.38. The van der Waals surface area contributed by atoms with Crippen LogP contribution in [0, 0.1) is 0 Å². The van der Waals surface area contributed by atoms with Crippen LogP contribution in [0.4, 0.5) is 0 Å². The number of carbonyl (C=O) groups excluding carboxylic acids is 2. The Hall–Kier alpha value is -2.03. The van der Waals surface area contributed by atoms with E-state index in [0.29, 0.717) is 17.4 Å². The zero-order chi connectivity index (χ0) is 37.9. The van der Waals surface area contributed by atoms with Crippen LogP contribution in [0.3, 0.4) is 0 Å². The molecule has 0 radical (unpaired) electrons. The van der Waals surface area contributed by atoms with Gasteiger partial charge in [0.1, 0.15) is 19.8 Å². The lowest BCUT2D eigenvalue weighted by atomic mass is 10.1. The summed E-state index contributed by atoms with van der Waals surface area (Å²) >= 11 is 0. The molecule has 0 saturated carbocycles. The van der Waals surface area contributed by atoms with E-state index in [1.807, 2.05) is 21.1 Å². The van der Waals surface area contributed by atoms with Crippen LogP contribution in [-0.2, 0) is 32.7 Å². The van der Waals surface area contributed by atoms with Gasteiger partial charge in [-0.25, -0.2) is 4.57 Å². The minimum absolute atomic E-state index is 0.0243. The highest BCUT2D eigenvalue weighted by atomic mass is 31.2. The van der Waals surface area contributed by atoms with Gasteiger partial charge in [-0.3, -0.25) is 18.6 Å². The van der Waals surface area contributed by atoms with Crippen molar-refractivity contribution in [1.29, 1.82) is 0 Å². The summed E-state index contributed by atoms with van der Waals surface area (Å²) in [6.45, 7) is 4.28. The van der Waals surface area contributed by atoms with Crippen LogP contribution in [0.2, 0.25) is 0 Å². The Labute approximate surface area is 312 Å². The number of hydrogen-bond donors (Lipinski definition) is 1. The molecule has 2 atom stereocenters. The molecular formula is C41H75NO8P+. The molecule has 296 valence electrons. The molecular weight excluding hydrogens is 665 g/mol. The van der Waals surface area contributed by atoms with E-state index in [0.717, 1.165) is 64.2 Å². The number of nitrogens with zero attached hydrogens (tertiary/aromatic N) is 1. The average molecular weight is 741 g/mol. The summed E-state index contributed by atoms with van der Waals surface area (Å²) in [5.74, 6) is -0.840. The van der Waals surface area contributed by atoms with E-state index in [9.17, 15) is 19.0 Å². The normalized spacial score (nSPS) is 14.2. The SMILES string of the molecule is CCC/C=C/C/C=C/C/C=C/C/C=C/CCCCCC(=O)O[C@H](COC(=O)CCCCCCCCCCCC)COP(=O)(O)OCC[N+](C)(C)C. The monoisotopic (exact) mass is 741 g/mol. The highest BCUT2D eigenvalue weighted by Crippen LogP contribution is 2.43. The molecule has 0 bridgehead atoms. The van der Waals surface area contributed by atoms with E-state index < -0.39 is 26.5 Å². The highest BCUT2D eigenvalue weighted by Gasteiger charge is 2.27. The lowest BCUT2D eigenvalue weighted by molar-refractivity contribution is -0.870. The van der Waals surface area contributed by atoms with Crippen molar-refractivity contribution in [3.63, 3.8) is 0 Å². The average Bonchev–Trinajstić information content (AvgIpc) is 3.07. The Morgan fingerprint density at radius 2 is 1.10 bits per heavy atom. The van der Waals surface area contributed by atoms with Crippen molar-refractivity contribution in [3.8, 4) is 0 Å². The van der Waals surface area contributed by atoms with E-state index >= 15 is 0 Å². The van der Waals surface area contributed by atoms with Crippen molar-refractivity contribution >= 4 is 19.8 Å². The molecule has 9 nitrogen and oxygen atoms in total. The van der Waals surface area contributed by atoms with Gasteiger partial charge in [0.2, 0.25) is 0 Å². The number of quaternary nitrogens is 1. The number of likely N-dealkylation sites (N-methyl/N-ethyl adjacent to an activating group) is 1. The van der Waals surface area contributed by atoms with Gasteiger partial charge in [-0.1, -0.05) is 133 Å². The number of rotatable bonds is 35. The Kier molecular flexibility index (Phi) is 32.4. The van der Waals surface area contributed by atoms with Crippen LogP contribution in [0.1, 0.15) is 149 Å². The lowest BCUT2D eigenvalue weighted by Gasteiger charge is -2.24. The summed E-state index contributed by atoms with van der Waals surface area (Å²) in [6.07, 6.45) is 37.3. The van der Waals surface area contributed by atoms with Crippen molar-refractivity contribution in [1.82, 2.24) is 0 Å². The fourth-order valence-electron chi connectivity index (χ4n) is 4.94. The standard InChI is InChI=1S/C41H74NO8P/c1-6-8-10-12-14-16-18-19-20-21-22-23-24-26-28-30-32-34-41(44)50-39(38-49-51(45,46)48-36-35-42(3,4)5)37-47-40(43)33-31-29-27-25-17-15-13-11-9-7-2/h10,12,16,18,20-21,23-24,39H,6-9,11,13-15,17,19,22,25-38H2,1-5H3/p+1/b12-10+,18-16+,21-20+,24-23+/t39-/m1/s1. The van der Waals surface area contributed by atoms with E-state index in [1.165, 1.54) is 51.4 Å². The van der Waals surface area contributed by atoms with Crippen molar-refractivity contribution < 1.29 is 42.1 Å². The summed E-state index contributed by atoms with van der Waals surface area (Å²) in [7, 11) is 1.45. The second kappa shape index (κ2) is 33.8. The Bertz CT molecular complexity index is 1020. The number of unbranched alkanes of at least 4 members (excludes halogenated alkanes) is 13. The van der Waals surface area contributed by atoms with Gasteiger partial charge in [-0.2, -0.15) is 0 Å². The Balaban J connectivity index is 4.48. The fourth-order valence-corrected chi connectivity index (χ4v) is 5.69. The predicted octanol–water partition coefficient (Wildman–Crippen LogP) is 10.7. The van der Waals surface area contributed by atoms with E-state index in [1.54, 1.807) is 0 Å². The number of allylic oxidation sites excluding steroid dienone is 8. The molecule has 51 heavy (non-hydrogen) atoms. The molecule has 0 aromatic carbocycles. The minimum Gasteiger partial charge on any atom is -0.462 e. The van der Waals surface area contributed by atoms with Crippen molar-refractivity contribution in [2.75, 3.05) is 47.5 Å². The number of hydrogen-bond acceptors (Lipinski definition) is 7. The molecule has 0 aliphatic rings. The predicted molar refractivity (Wildman–Crippen MR) is 210 cm³/mol. The van der Waals surface area contributed by atoms with Crippen LogP contribution >= 0.6 is 7.82 Å². The molecule has 0 amide bonds. The molecule has 0 rings (SSSR count). The van der Waals surface area contributed by atoms with Gasteiger partial charge in [-0.15, -0.1) is 0 Å². The van der Waals surface area contributed by atoms with Gasteiger partial charge in [0, 0.05) is 12.8 Å². The number of ether oxygens (including phenoxy) is 2. The van der Waals surface area contributed by atoms with Gasteiger partial charge in [0.15, 0.2) is 6.10 Å².